The average molecular weight is 355 g/mol. The number of benzene rings is 1. The van der Waals surface area contributed by atoms with E-state index in [1.165, 1.54) is 38.5 Å². The Balaban J connectivity index is 1.54. The van der Waals surface area contributed by atoms with E-state index < -0.39 is 0 Å². The molecule has 1 fully saturated rings. The quantitative estimate of drug-likeness (QED) is 0.568. The molecule has 0 bridgehead atoms. The van der Waals surface area contributed by atoms with Crippen LogP contribution in [0.1, 0.15) is 44.1 Å². The Morgan fingerprint density at radius 3 is 2.57 bits per heavy atom. The first-order chi connectivity index (χ1) is 10.3. The van der Waals surface area contributed by atoms with Crippen molar-refractivity contribution in [1.82, 2.24) is 0 Å². The molecule has 0 amide bonds. The molecule has 0 radical (unpaired) electrons. The first kappa shape index (κ1) is 15.2. The molecule has 1 aromatic carbocycles. The van der Waals surface area contributed by atoms with E-state index in [4.69, 9.17) is 14.2 Å². The highest BCUT2D eigenvalue weighted by molar-refractivity contribution is 9.09. The number of ether oxygens (including phenoxy) is 3. The van der Waals surface area contributed by atoms with Crippen molar-refractivity contribution >= 4 is 15.9 Å². The Morgan fingerprint density at radius 2 is 1.81 bits per heavy atom. The first-order valence-electron chi connectivity index (χ1n) is 7.84. The van der Waals surface area contributed by atoms with Crippen molar-refractivity contribution in [3.63, 3.8) is 0 Å². The zero-order chi connectivity index (χ0) is 14.5. The molecule has 1 saturated carbocycles. The summed E-state index contributed by atoms with van der Waals surface area (Å²) in [6.45, 7) is 1.81. The fourth-order valence-corrected chi connectivity index (χ4v) is 3.93. The van der Waals surface area contributed by atoms with Crippen molar-refractivity contribution in [2.75, 3.05) is 18.7 Å². The van der Waals surface area contributed by atoms with Gasteiger partial charge in [-0.25, -0.2) is 0 Å². The number of fused-ring (bicyclic) bond motifs is 1. The van der Waals surface area contributed by atoms with Gasteiger partial charge in [-0.05, 0) is 30.5 Å². The van der Waals surface area contributed by atoms with Crippen LogP contribution in [-0.4, -0.2) is 18.7 Å². The van der Waals surface area contributed by atoms with Gasteiger partial charge in [0.1, 0.15) is 0 Å². The van der Waals surface area contributed by atoms with Crippen LogP contribution in [0.2, 0.25) is 0 Å². The monoisotopic (exact) mass is 354 g/mol. The van der Waals surface area contributed by atoms with E-state index in [1.807, 2.05) is 12.1 Å². The molecule has 0 unspecified atom stereocenters. The summed E-state index contributed by atoms with van der Waals surface area (Å²) in [5, 5.41) is 1.04. The Kier molecular flexibility index (Phi) is 5.07. The van der Waals surface area contributed by atoms with Crippen LogP contribution in [0, 0.1) is 5.41 Å². The lowest BCUT2D eigenvalue weighted by Crippen LogP contribution is -2.28. The SMILES string of the molecule is BrCC1(COCc2ccc3c(c2)OCO3)CCCCCC1. The zero-order valence-corrected chi connectivity index (χ0v) is 14.0. The molecule has 1 aliphatic heterocycles. The molecular formula is C17H23BrO3. The van der Waals surface area contributed by atoms with E-state index in [0.717, 1.165) is 29.0 Å². The summed E-state index contributed by atoms with van der Waals surface area (Å²) in [4.78, 5) is 0. The molecule has 0 atom stereocenters. The minimum atomic E-state index is 0.326. The third-order valence-electron chi connectivity index (χ3n) is 4.56. The first-order valence-corrected chi connectivity index (χ1v) is 8.96. The predicted molar refractivity (Wildman–Crippen MR) is 86.2 cm³/mol. The van der Waals surface area contributed by atoms with Crippen LogP contribution in [0.25, 0.3) is 0 Å². The largest absolute Gasteiger partial charge is 0.454 e. The van der Waals surface area contributed by atoms with Crippen LogP contribution in [0.4, 0.5) is 0 Å². The lowest BCUT2D eigenvalue weighted by molar-refractivity contribution is 0.0374. The summed E-state index contributed by atoms with van der Waals surface area (Å²) in [5.74, 6) is 1.67. The van der Waals surface area contributed by atoms with E-state index in [0.29, 0.717) is 18.8 Å². The summed E-state index contributed by atoms with van der Waals surface area (Å²) in [6, 6.07) is 6.05. The lowest BCUT2D eigenvalue weighted by Gasteiger charge is -2.30. The van der Waals surface area contributed by atoms with Crippen LogP contribution in [0.5, 0.6) is 11.5 Å². The second kappa shape index (κ2) is 7.01. The van der Waals surface area contributed by atoms with E-state index in [-0.39, 0.29) is 0 Å². The Labute approximate surface area is 135 Å². The summed E-state index contributed by atoms with van der Waals surface area (Å²) >= 11 is 3.71. The fourth-order valence-electron chi connectivity index (χ4n) is 3.21. The van der Waals surface area contributed by atoms with Crippen LogP contribution < -0.4 is 9.47 Å². The molecule has 0 spiro atoms. The van der Waals surface area contributed by atoms with Gasteiger partial charge in [0.15, 0.2) is 11.5 Å². The molecule has 21 heavy (non-hydrogen) atoms. The number of rotatable bonds is 5. The third kappa shape index (κ3) is 3.72. The molecule has 0 N–H and O–H groups in total. The van der Waals surface area contributed by atoms with Gasteiger partial charge in [-0.3, -0.25) is 0 Å². The molecule has 0 aromatic heterocycles. The van der Waals surface area contributed by atoms with Crippen molar-refractivity contribution in [3.8, 4) is 11.5 Å². The number of halogens is 1. The van der Waals surface area contributed by atoms with E-state index >= 15 is 0 Å². The van der Waals surface area contributed by atoms with Gasteiger partial charge in [0.25, 0.3) is 0 Å². The average Bonchev–Trinajstić information content (AvgIpc) is 2.85. The molecule has 3 rings (SSSR count). The van der Waals surface area contributed by atoms with Crippen molar-refractivity contribution in [1.29, 1.82) is 0 Å². The van der Waals surface area contributed by atoms with Gasteiger partial charge in [-0.1, -0.05) is 47.7 Å². The highest BCUT2D eigenvalue weighted by Gasteiger charge is 2.30. The molecule has 2 aliphatic rings. The molecular weight excluding hydrogens is 332 g/mol. The van der Waals surface area contributed by atoms with Crippen molar-refractivity contribution in [2.45, 2.75) is 45.1 Å². The normalized spacial score (nSPS) is 20.2. The minimum absolute atomic E-state index is 0.326. The second-order valence-electron chi connectivity index (χ2n) is 6.23. The standard InChI is InChI=1S/C17H23BrO3/c18-11-17(7-3-1-2-4-8-17)12-19-10-14-5-6-15-16(9-14)21-13-20-15/h5-6,9H,1-4,7-8,10-13H2. The van der Waals surface area contributed by atoms with Gasteiger partial charge in [0, 0.05) is 10.7 Å². The highest BCUT2D eigenvalue weighted by atomic mass is 79.9. The maximum Gasteiger partial charge on any atom is 0.231 e. The zero-order valence-electron chi connectivity index (χ0n) is 12.4. The van der Waals surface area contributed by atoms with Gasteiger partial charge in [0.05, 0.1) is 13.2 Å². The highest BCUT2D eigenvalue weighted by Crippen LogP contribution is 2.37. The maximum absolute atomic E-state index is 6.04. The van der Waals surface area contributed by atoms with Crippen molar-refractivity contribution in [2.24, 2.45) is 5.41 Å². The Bertz CT molecular complexity index is 467. The minimum Gasteiger partial charge on any atom is -0.454 e. The number of hydrogen-bond acceptors (Lipinski definition) is 3. The summed E-state index contributed by atoms with van der Waals surface area (Å²) in [5.41, 5.74) is 1.48. The van der Waals surface area contributed by atoms with E-state index in [2.05, 4.69) is 22.0 Å². The summed E-state index contributed by atoms with van der Waals surface area (Å²) < 4.78 is 16.8. The van der Waals surface area contributed by atoms with Gasteiger partial charge in [0.2, 0.25) is 6.79 Å². The van der Waals surface area contributed by atoms with E-state index in [9.17, 15) is 0 Å². The second-order valence-corrected chi connectivity index (χ2v) is 6.79. The molecule has 116 valence electrons. The van der Waals surface area contributed by atoms with Crippen LogP contribution >= 0.6 is 15.9 Å². The fraction of sp³-hybridized carbons (Fsp3) is 0.647. The molecule has 0 saturated heterocycles. The Hall–Kier alpha value is -0.740. The smallest absolute Gasteiger partial charge is 0.231 e. The third-order valence-corrected chi connectivity index (χ3v) is 5.75. The van der Waals surface area contributed by atoms with Crippen LogP contribution in [0.3, 0.4) is 0 Å². The van der Waals surface area contributed by atoms with Crippen LogP contribution in [0.15, 0.2) is 18.2 Å². The molecule has 3 nitrogen and oxygen atoms in total. The number of hydrogen-bond donors (Lipinski definition) is 0. The summed E-state index contributed by atoms with van der Waals surface area (Å²) in [7, 11) is 0. The number of alkyl halides is 1. The predicted octanol–water partition coefficient (Wildman–Crippen LogP) is 4.67. The van der Waals surface area contributed by atoms with E-state index in [1.54, 1.807) is 0 Å². The van der Waals surface area contributed by atoms with Gasteiger partial charge in [-0.2, -0.15) is 0 Å². The van der Waals surface area contributed by atoms with Crippen molar-refractivity contribution in [3.05, 3.63) is 23.8 Å². The van der Waals surface area contributed by atoms with Crippen LogP contribution in [-0.2, 0) is 11.3 Å². The molecule has 1 heterocycles. The lowest BCUT2D eigenvalue weighted by atomic mass is 9.83. The van der Waals surface area contributed by atoms with Crippen molar-refractivity contribution < 1.29 is 14.2 Å². The molecule has 4 heteroatoms. The van der Waals surface area contributed by atoms with Gasteiger partial charge in [-0.15, -0.1) is 0 Å². The Morgan fingerprint density at radius 1 is 1.05 bits per heavy atom. The van der Waals surface area contributed by atoms with Gasteiger partial charge >= 0.3 is 0 Å². The molecule has 1 aromatic rings. The summed E-state index contributed by atoms with van der Waals surface area (Å²) in [6.07, 6.45) is 7.96. The molecule has 1 aliphatic carbocycles. The van der Waals surface area contributed by atoms with Gasteiger partial charge < -0.3 is 14.2 Å². The topological polar surface area (TPSA) is 27.7 Å². The maximum atomic E-state index is 6.04.